The monoisotopic (exact) mass is 561 g/mol. The van der Waals surface area contributed by atoms with Gasteiger partial charge in [-0.1, -0.05) is 19.4 Å². The van der Waals surface area contributed by atoms with E-state index in [0.717, 1.165) is 18.4 Å². The zero-order valence-corrected chi connectivity index (χ0v) is 23.6. The molecule has 0 aliphatic heterocycles. The second-order valence-corrected chi connectivity index (χ2v) is 12.8. The lowest BCUT2D eigenvalue weighted by molar-refractivity contribution is -0.184. The van der Waals surface area contributed by atoms with Crippen molar-refractivity contribution in [3.05, 3.63) is 11.6 Å². The molecule has 0 aromatic heterocycles. The highest BCUT2D eigenvalue weighted by molar-refractivity contribution is 5.92. The van der Waals surface area contributed by atoms with Crippen LogP contribution in [0.2, 0.25) is 0 Å². The number of fused-ring (bicyclic) bond motifs is 5. The summed E-state index contributed by atoms with van der Waals surface area (Å²) in [5.41, 5.74) is -1.73. The Balaban J connectivity index is 1.31. The van der Waals surface area contributed by atoms with Crippen LogP contribution in [0, 0.1) is 28.6 Å². The van der Waals surface area contributed by atoms with E-state index in [1.54, 1.807) is 6.08 Å². The highest BCUT2D eigenvalue weighted by atomic mass is 16.5. The fourth-order valence-corrected chi connectivity index (χ4v) is 8.42. The number of hydrogen-bond donors (Lipinski definition) is 4. The van der Waals surface area contributed by atoms with Gasteiger partial charge in [-0.3, -0.25) is 24.0 Å². The minimum atomic E-state index is -1.73. The zero-order valence-electron chi connectivity index (χ0n) is 23.6. The summed E-state index contributed by atoms with van der Waals surface area (Å²) in [5.74, 6) is -2.29. The summed E-state index contributed by atoms with van der Waals surface area (Å²) in [6, 6.07) is 0. The Morgan fingerprint density at radius 2 is 1.80 bits per heavy atom. The number of aliphatic carboxylic acids is 1. The molecule has 7 atom stereocenters. The first-order valence-electron chi connectivity index (χ1n) is 14.6. The summed E-state index contributed by atoms with van der Waals surface area (Å²) in [6.07, 6.45) is 5.61. The third kappa shape index (κ3) is 5.62. The van der Waals surface area contributed by atoms with Gasteiger partial charge in [0.15, 0.2) is 12.4 Å². The quantitative estimate of drug-likeness (QED) is 0.219. The van der Waals surface area contributed by atoms with Crippen molar-refractivity contribution in [3.63, 3.8) is 0 Å². The van der Waals surface area contributed by atoms with Crippen LogP contribution in [0.15, 0.2) is 11.6 Å². The number of allylic oxidation sites excluding steroid dienone is 1. The van der Waals surface area contributed by atoms with Crippen molar-refractivity contribution in [2.45, 2.75) is 103 Å². The first-order valence-corrected chi connectivity index (χ1v) is 14.6. The molecule has 0 heterocycles. The Morgan fingerprint density at radius 1 is 1.05 bits per heavy atom. The molecule has 40 heavy (non-hydrogen) atoms. The smallest absolute Gasteiger partial charge is 0.306 e. The van der Waals surface area contributed by atoms with Crippen molar-refractivity contribution < 1.29 is 44.0 Å². The molecule has 4 N–H and O–H groups in total. The Hall–Kier alpha value is -2.59. The Labute approximate surface area is 234 Å². The minimum absolute atomic E-state index is 0.0285. The van der Waals surface area contributed by atoms with Crippen molar-refractivity contribution in [1.29, 1.82) is 0 Å². The largest absolute Gasteiger partial charge is 0.481 e. The summed E-state index contributed by atoms with van der Waals surface area (Å²) < 4.78 is 5.16. The summed E-state index contributed by atoms with van der Waals surface area (Å²) >= 11 is 0. The van der Waals surface area contributed by atoms with Crippen LogP contribution in [-0.2, 0) is 28.7 Å². The van der Waals surface area contributed by atoms with E-state index in [9.17, 15) is 34.2 Å². The van der Waals surface area contributed by atoms with Gasteiger partial charge in [0.1, 0.15) is 5.60 Å². The van der Waals surface area contributed by atoms with Gasteiger partial charge in [-0.25, -0.2) is 0 Å². The van der Waals surface area contributed by atoms with Crippen LogP contribution < -0.4 is 5.32 Å². The summed E-state index contributed by atoms with van der Waals surface area (Å²) in [6.45, 7) is 3.75. The number of hydrogen-bond acceptors (Lipinski definition) is 8. The number of Topliss-reactive ketones (excluding diaryl/α,β-unsaturated/α-hetero) is 1. The third-order valence-corrected chi connectivity index (χ3v) is 10.6. The molecule has 0 aromatic rings. The van der Waals surface area contributed by atoms with Crippen molar-refractivity contribution in [2.24, 2.45) is 28.6 Å². The van der Waals surface area contributed by atoms with Crippen LogP contribution in [0.4, 0.5) is 0 Å². The molecular formula is C30H43NO9. The molecule has 3 fully saturated rings. The molecule has 4 aliphatic rings. The van der Waals surface area contributed by atoms with Gasteiger partial charge in [0.05, 0.1) is 12.5 Å². The second kappa shape index (κ2) is 11.7. The van der Waals surface area contributed by atoms with Gasteiger partial charge in [0.25, 0.3) is 0 Å². The standard InChI is InChI=1S/C30H43NO9/c1-28-12-10-19(32)15-18(28)6-7-20-21-11-13-30(39,29(21,2)16-22(33)27(20)28)23(34)17-40-26(38)9-8-24(35)31-14-4-3-5-25(36)37/h15,20-22,27,33,39H,3-14,16-17H2,1-2H3,(H,31,35)(H,36,37). The van der Waals surface area contributed by atoms with Gasteiger partial charge in [-0.05, 0) is 80.6 Å². The first-order chi connectivity index (χ1) is 18.8. The van der Waals surface area contributed by atoms with E-state index in [1.165, 1.54) is 0 Å². The van der Waals surface area contributed by atoms with Crippen molar-refractivity contribution >= 4 is 29.4 Å². The lowest BCUT2D eigenvalue weighted by Crippen LogP contribution is -2.62. The number of unbranched alkanes of at least 4 members (excludes halogenated alkanes) is 1. The summed E-state index contributed by atoms with van der Waals surface area (Å²) in [4.78, 5) is 60.1. The van der Waals surface area contributed by atoms with Gasteiger partial charge in [0.2, 0.25) is 11.7 Å². The van der Waals surface area contributed by atoms with Crippen LogP contribution in [0.1, 0.15) is 90.9 Å². The third-order valence-electron chi connectivity index (χ3n) is 10.6. The van der Waals surface area contributed by atoms with E-state index in [2.05, 4.69) is 12.2 Å². The van der Waals surface area contributed by atoms with E-state index < -0.39 is 41.4 Å². The molecule has 1 amide bonds. The number of amides is 1. The van der Waals surface area contributed by atoms with Crippen LogP contribution >= 0.6 is 0 Å². The average Bonchev–Trinajstić information content (AvgIpc) is 3.16. The van der Waals surface area contributed by atoms with E-state index in [1.807, 2.05) is 6.92 Å². The molecule has 3 saturated carbocycles. The lowest BCUT2D eigenvalue weighted by atomic mass is 9.45. The van der Waals surface area contributed by atoms with Crippen LogP contribution in [0.3, 0.4) is 0 Å². The number of aliphatic hydroxyl groups is 2. The molecular weight excluding hydrogens is 518 g/mol. The molecule has 0 spiro atoms. The van der Waals surface area contributed by atoms with Crippen molar-refractivity contribution in [1.82, 2.24) is 5.32 Å². The maximum atomic E-state index is 13.3. The van der Waals surface area contributed by atoms with E-state index in [4.69, 9.17) is 9.84 Å². The summed E-state index contributed by atoms with van der Waals surface area (Å²) in [7, 11) is 0. The fraction of sp³-hybridized carbons (Fsp3) is 0.767. The normalized spacial score (nSPS) is 36.5. The Kier molecular flexibility index (Phi) is 8.90. The predicted molar refractivity (Wildman–Crippen MR) is 143 cm³/mol. The number of esters is 1. The van der Waals surface area contributed by atoms with Crippen molar-refractivity contribution in [3.8, 4) is 0 Å². The maximum absolute atomic E-state index is 13.3. The van der Waals surface area contributed by atoms with Gasteiger partial charge < -0.3 is 25.4 Å². The van der Waals surface area contributed by atoms with E-state index in [0.29, 0.717) is 38.6 Å². The molecule has 4 aliphatic carbocycles. The predicted octanol–water partition coefficient (Wildman–Crippen LogP) is 2.48. The number of carbonyl (C=O) groups excluding carboxylic acids is 4. The average molecular weight is 562 g/mol. The first kappa shape index (κ1) is 30.4. The molecule has 0 bridgehead atoms. The van der Waals surface area contributed by atoms with E-state index >= 15 is 0 Å². The van der Waals surface area contributed by atoms with Gasteiger partial charge >= 0.3 is 11.9 Å². The number of nitrogens with one attached hydrogen (secondary N) is 1. The number of carboxylic acids is 1. The fourth-order valence-electron chi connectivity index (χ4n) is 8.42. The van der Waals surface area contributed by atoms with E-state index in [-0.39, 0.29) is 67.0 Å². The molecule has 0 saturated heterocycles. The minimum Gasteiger partial charge on any atom is -0.481 e. The number of aliphatic hydroxyl groups excluding tert-OH is 1. The molecule has 0 radical (unpaired) electrons. The highest BCUT2D eigenvalue weighted by Gasteiger charge is 2.68. The number of ether oxygens (including phenoxy) is 1. The zero-order chi connectivity index (χ0) is 29.3. The summed E-state index contributed by atoms with van der Waals surface area (Å²) in [5, 5.41) is 34.5. The molecule has 222 valence electrons. The molecule has 0 aromatic carbocycles. The SMILES string of the molecule is CC12CCC(=O)C=C1CCC1C2C(O)CC2(C)C1CCC2(O)C(=O)COC(=O)CCC(=O)NCCCCC(=O)O. The van der Waals surface area contributed by atoms with Gasteiger partial charge in [-0.15, -0.1) is 0 Å². The van der Waals surface area contributed by atoms with Crippen LogP contribution in [0.25, 0.3) is 0 Å². The van der Waals surface area contributed by atoms with Gasteiger partial charge in [-0.2, -0.15) is 0 Å². The highest BCUT2D eigenvalue weighted by Crippen LogP contribution is 2.67. The number of ketones is 2. The van der Waals surface area contributed by atoms with Crippen LogP contribution in [0.5, 0.6) is 0 Å². The van der Waals surface area contributed by atoms with Crippen LogP contribution in [-0.4, -0.2) is 69.6 Å². The molecule has 10 heteroatoms. The topological polar surface area (TPSA) is 167 Å². The Morgan fingerprint density at radius 3 is 2.52 bits per heavy atom. The Bertz CT molecular complexity index is 1090. The number of carboxylic acid groups (broad SMARTS) is 1. The second-order valence-electron chi connectivity index (χ2n) is 12.8. The number of rotatable bonds is 11. The van der Waals surface area contributed by atoms with Gasteiger partial charge in [0, 0.05) is 31.2 Å². The van der Waals surface area contributed by atoms with Crippen molar-refractivity contribution in [2.75, 3.05) is 13.2 Å². The molecule has 10 nitrogen and oxygen atoms in total. The maximum Gasteiger partial charge on any atom is 0.306 e. The molecule has 4 rings (SSSR count). The lowest BCUT2D eigenvalue weighted by Gasteiger charge is -2.60. The molecule has 7 unspecified atom stereocenters. The number of carbonyl (C=O) groups is 5.